The van der Waals surface area contributed by atoms with E-state index in [0.29, 0.717) is 32.8 Å². The van der Waals surface area contributed by atoms with Gasteiger partial charge in [-0.25, -0.2) is 4.79 Å². The van der Waals surface area contributed by atoms with Gasteiger partial charge in [0, 0.05) is 32.2 Å². The summed E-state index contributed by atoms with van der Waals surface area (Å²) in [6.07, 6.45) is -0.386. The second-order valence-corrected chi connectivity index (χ2v) is 5.94. The number of nitrogens with zero attached hydrogens (tertiary/aromatic N) is 4. The van der Waals surface area contributed by atoms with Gasteiger partial charge in [0.25, 0.3) is 17.5 Å². The smallest absolute Gasteiger partial charge is 0.409 e. The van der Waals surface area contributed by atoms with Crippen LogP contribution in [-0.4, -0.2) is 77.0 Å². The van der Waals surface area contributed by atoms with Gasteiger partial charge in [-0.1, -0.05) is 6.07 Å². The Labute approximate surface area is 149 Å². The molecule has 1 fully saturated rings. The number of ether oxygens (including phenoxy) is 1. The molecule has 2 heterocycles. The van der Waals surface area contributed by atoms with Crippen LogP contribution in [0.2, 0.25) is 0 Å². The molecule has 0 aliphatic carbocycles. The van der Waals surface area contributed by atoms with Crippen molar-refractivity contribution in [3.63, 3.8) is 0 Å². The molecule has 0 atom stereocenters. The van der Waals surface area contributed by atoms with E-state index in [0.717, 1.165) is 4.90 Å². The van der Waals surface area contributed by atoms with Gasteiger partial charge < -0.3 is 9.64 Å². The highest BCUT2D eigenvalue weighted by molar-refractivity contribution is 6.23. The normalized spacial score (nSPS) is 17.4. The SMILES string of the molecule is CCOC(=O)N1CCN(CN2C(=O)c3cccc([N+](=O)[O-])c3C2=O)CC1. The quantitative estimate of drug-likeness (QED) is 0.444. The van der Waals surface area contributed by atoms with Crippen molar-refractivity contribution < 1.29 is 24.0 Å². The Bertz CT molecular complexity index is 772. The van der Waals surface area contributed by atoms with E-state index >= 15 is 0 Å². The van der Waals surface area contributed by atoms with Gasteiger partial charge in [0.05, 0.1) is 23.8 Å². The zero-order valence-corrected chi connectivity index (χ0v) is 14.2. The maximum absolute atomic E-state index is 12.6. The summed E-state index contributed by atoms with van der Waals surface area (Å²) < 4.78 is 4.95. The molecule has 3 amide bonds. The third-order valence-electron chi connectivity index (χ3n) is 4.41. The lowest BCUT2D eigenvalue weighted by molar-refractivity contribution is -0.385. The van der Waals surface area contributed by atoms with Gasteiger partial charge in [0.2, 0.25) is 0 Å². The van der Waals surface area contributed by atoms with E-state index in [2.05, 4.69) is 0 Å². The van der Waals surface area contributed by atoms with Crippen molar-refractivity contribution in [3.8, 4) is 0 Å². The van der Waals surface area contributed by atoms with E-state index in [1.54, 1.807) is 11.8 Å². The molecule has 10 nitrogen and oxygen atoms in total. The molecular weight excluding hydrogens is 344 g/mol. The van der Waals surface area contributed by atoms with Crippen LogP contribution in [0.15, 0.2) is 18.2 Å². The van der Waals surface area contributed by atoms with E-state index in [1.807, 2.05) is 4.90 Å². The number of fused-ring (bicyclic) bond motifs is 1. The highest BCUT2D eigenvalue weighted by atomic mass is 16.6. The molecule has 1 aromatic carbocycles. The zero-order chi connectivity index (χ0) is 18.8. The van der Waals surface area contributed by atoms with E-state index < -0.39 is 16.7 Å². The van der Waals surface area contributed by atoms with Crippen molar-refractivity contribution in [2.75, 3.05) is 39.5 Å². The number of amides is 3. The molecule has 0 aromatic heterocycles. The molecule has 0 radical (unpaired) electrons. The van der Waals surface area contributed by atoms with Crippen molar-refractivity contribution in [3.05, 3.63) is 39.4 Å². The van der Waals surface area contributed by atoms with Crippen molar-refractivity contribution >= 4 is 23.6 Å². The average molecular weight is 362 g/mol. The minimum absolute atomic E-state index is 0.0279. The molecule has 0 spiro atoms. The predicted octanol–water partition coefficient (Wildman–Crippen LogP) is 0.922. The third kappa shape index (κ3) is 3.10. The van der Waals surface area contributed by atoms with Crippen LogP contribution >= 0.6 is 0 Å². The maximum atomic E-state index is 12.6. The van der Waals surface area contributed by atoms with Crippen LogP contribution in [0.4, 0.5) is 10.5 Å². The predicted molar refractivity (Wildman–Crippen MR) is 88.6 cm³/mol. The molecule has 26 heavy (non-hydrogen) atoms. The molecule has 138 valence electrons. The van der Waals surface area contributed by atoms with Crippen LogP contribution in [0, 0.1) is 10.1 Å². The molecule has 3 rings (SSSR count). The monoisotopic (exact) mass is 362 g/mol. The lowest BCUT2D eigenvalue weighted by Crippen LogP contribution is -2.52. The largest absolute Gasteiger partial charge is 0.450 e. The van der Waals surface area contributed by atoms with Gasteiger partial charge in [0.1, 0.15) is 5.56 Å². The van der Waals surface area contributed by atoms with E-state index in [9.17, 15) is 24.5 Å². The van der Waals surface area contributed by atoms with Gasteiger partial charge in [0.15, 0.2) is 0 Å². The number of hydrogen-bond acceptors (Lipinski definition) is 7. The van der Waals surface area contributed by atoms with Crippen LogP contribution in [0.25, 0.3) is 0 Å². The number of nitro groups is 1. The Balaban J connectivity index is 1.68. The van der Waals surface area contributed by atoms with Gasteiger partial charge in [-0.3, -0.25) is 29.5 Å². The van der Waals surface area contributed by atoms with E-state index in [-0.39, 0.29) is 29.6 Å². The van der Waals surface area contributed by atoms with Crippen LogP contribution in [0.5, 0.6) is 0 Å². The number of hydrogen-bond donors (Lipinski definition) is 0. The second-order valence-electron chi connectivity index (χ2n) is 5.94. The highest BCUT2D eigenvalue weighted by Crippen LogP contribution is 2.30. The van der Waals surface area contributed by atoms with Crippen molar-refractivity contribution in [2.24, 2.45) is 0 Å². The molecule has 0 saturated carbocycles. The topological polar surface area (TPSA) is 113 Å². The highest BCUT2D eigenvalue weighted by Gasteiger charge is 2.41. The fraction of sp³-hybridized carbons (Fsp3) is 0.438. The summed E-state index contributed by atoms with van der Waals surface area (Å²) in [6, 6.07) is 4.02. The number of piperazine rings is 1. The first-order chi connectivity index (χ1) is 12.4. The zero-order valence-electron chi connectivity index (χ0n) is 14.2. The van der Waals surface area contributed by atoms with Gasteiger partial charge in [-0.15, -0.1) is 0 Å². The van der Waals surface area contributed by atoms with Crippen LogP contribution in [0.3, 0.4) is 0 Å². The summed E-state index contributed by atoms with van der Waals surface area (Å²) in [5.74, 6) is -1.20. The molecule has 2 aliphatic rings. The summed E-state index contributed by atoms with van der Waals surface area (Å²) in [4.78, 5) is 51.6. The Morgan fingerprint density at radius 3 is 2.50 bits per heavy atom. The number of carbonyl (C=O) groups is 3. The van der Waals surface area contributed by atoms with E-state index in [1.165, 1.54) is 18.2 Å². The summed E-state index contributed by atoms with van der Waals surface area (Å²) in [7, 11) is 0. The molecule has 2 aliphatic heterocycles. The number of rotatable bonds is 4. The Hall–Kier alpha value is -3.01. The van der Waals surface area contributed by atoms with Crippen LogP contribution in [-0.2, 0) is 4.74 Å². The Kier molecular flexibility index (Phi) is 4.85. The summed E-state index contributed by atoms with van der Waals surface area (Å²) >= 11 is 0. The first kappa shape index (κ1) is 17.8. The molecule has 10 heteroatoms. The molecule has 1 saturated heterocycles. The average Bonchev–Trinajstić information content (AvgIpc) is 2.87. The molecular formula is C16H18N4O6. The summed E-state index contributed by atoms with van der Waals surface area (Å²) in [5.41, 5.74) is -0.475. The number of imide groups is 1. The van der Waals surface area contributed by atoms with Crippen molar-refractivity contribution in [2.45, 2.75) is 6.92 Å². The molecule has 0 N–H and O–H groups in total. The van der Waals surface area contributed by atoms with Crippen molar-refractivity contribution in [1.82, 2.24) is 14.7 Å². The van der Waals surface area contributed by atoms with Crippen molar-refractivity contribution in [1.29, 1.82) is 0 Å². The fourth-order valence-corrected chi connectivity index (χ4v) is 3.08. The number of carbonyl (C=O) groups excluding carboxylic acids is 3. The summed E-state index contributed by atoms with van der Waals surface area (Å²) in [6.45, 7) is 3.83. The minimum atomic E-state index is -0.662. The Morgan fingerprint density at radius 2 is 1.88 bits per heavy atom. The molecule has 1 aromatic rings. The fourth-order valence-electron chi connectivity index (χ4n) is 3.08. The van der Waals surface area contributed by atoms with Crippen LogP contribution in [0.1, 0.15) is 27.6 Å². The van der Waals surface area contributed by atoms with Gasteiger partial charge >= 0.3 is 6.09 Å². The minimum Gasteiger partial charge on any atom is -0.450 e. The first-order valence-electron chi connectivity index (χ1n) is 8.21. The lowest BCUT2D eigenvalue weighted by Gasteiger charge is -2.35. The first-order valence-corrected chi connectivity index (χ1v) is 8.21. The number of benzene rings is 1. The molecule has 0 unspecified atom stereocenters. The van der Waals surface area contributed by atoms with Gasteiger partial charge in [-0.2, -0.15) is 0 Å². The number of nitro benzene ring substituents is 1. The standard InChI is InChI=1S/C16H18N4O6/c1-2-26-16(23)18-8-6-17(7-9-18)10-19-14(21)11-4-3-5-12(20(24)25)13(11)15(19)22/h3-5H,2,6-10H2,1H3. The van der Waals surface area contributed by atoms with Crippen LogP contribution < -0.4 is 0 Å². The molecule has 0 bridgehead atoms. The Morgan fingerprint density at radius 1 is 1.19 bits per heavy atom. The van der Waals surface area contributed by atoms with Gasteiger partial charge in [-0.05, 0) is 13.0 Å². The second kappa shape index (κ2) is 7.08. The summed E-state index contributed by atoms with van der Waals surface area (Å²) in [5, 5.41) is 11.1. The maximum Gasteiger partial charge on any atom is 0.409 e. The lowest BCUT2D eigenvalue weighted by atomic mass is 10.1. The van der Waals surface area contributed by atoms with E-state index in [4.69, 9.17) is 4.74 Å². The third-order valence-corrected chi connectivity index (χ3v) is 4.41.